The zero-order valence-corrected chi connectivity index (χ0v) is 15.0. The molecule has 2 fully saturated rings. The van der Waals surface area contributed by atoms with Gasteiger partial charge in [-0.05, 0) is 24.5 Å². The fourth-order valence-electron chi connectivity index (χ4n) is 4.10. The quantitative estimate of drug-likeness (QED) is 0.789. The van der Waals surface area contributed by atoms with Crippen molar-refractivity contribution in [3.63, 3.8) is 0 Å². The van der Waals surface area contributed by atoms with Crippen molar-refractivity contribution in [3.05, 3.63) is 47.7 Å². The van der Waals surface area contributed by atoms with Crippen LogP contribution in [0, 0.1) is 5.41 Å². The van der Waals surface area contributed by atoms with E-state index in [9.17, 15) is 4.79 Å². The molecule has 0 spiro atoms. The van der Waals surface area contributed by atoms with Gasteiger partial charge < -0.3 is 19.3 Å². The Morgan fingerprint density at radius 3 is 3.04 bits per heavy atom. The maximum Gasteiger partial charge on any atom is 0.273 e. The molecule has 0 aromatic heterocycles. The number of allylic oxidation sites excluding steroid dienone is 3. The third kappa shape index (κ3) is 2.96. The van der Waals surface area contributed by atoms with E-state index in [-0.39, 0.29) is 17.4 Å². The number of rotatable bonds is 3. The molecule has 134 valence electrons. The van der Waals surface area contributed by atoms with Crippen LogP contribution in [0.3, 0.4) is 0 Å². The second-order valence-electron chi connectivity index (χ2n) is 7.51. The number of carbonyl (C=O) groups excluding carboxylic acids is 1. The number of hydrogen-bond acceptors (Lipinski definition) is 4. The summed E-state index contributed by atoms with van der Waals surface area (Å²) in [4.78, 5) is 17.1. The van der Waals surface area contributed by atoms with Gasteiger partial charge >= 0.3 is 0 Å². The number of nitrogens with zero attached hydrogens (tertiary/aromatic N) is 2. The van der Waals surface area contributed by atoms with Crippen LogP contribution in [0.4, 0.5) is 0 Å². The Balaban J connectivity index is 1.46. The van der Waals surface area contributed by atoms with Crippen LogP contribution in [0.2, 0.25) is 0 Å². The molecule has 2 heterocycles. The molecule has 2 aliphatic carbocycles. The number of fused-ring (bicyclic) bond motifs is 3. The Morgan fingerprint density at radius 1 is 1.40 bits per heavy atom. The van der Waals surface area contributed by atoms with Crippen molar-refractivity contribution in [2.75, 3.05) is 33.4 Å². The van der Waals surface area contributed by atoms with Crippen LogP contribution in [0.5, 0.6) is 0 Å². The van der Waals surface area contributed by atoms with Crippen LogP contribution in [0.25, 0.3) is 0 Å². The van der Waals surface area contributed by atoms with Crippen molar-refractivity contribution in [2.24, 2.45) is 5.41 Å². The van der Waals surface area contributed by atoms with Crippen LogP contribution in [0.1, 0.15) is 19.8 Å². The molecule has 3 unspecified atom stereocenters. The molecule has 2 saturated heterocycles. The van der Waals surface area contributed by atoms with Crippen LogP contribution >= 0.6 is 0 Å². The predicted molar refractivity (Wildman–Crippen MR) is 95.6 cm³/mol. The van der Waals surface area contributed by atoms with Crippen LogP contribution in [-0.2, 0) is 14.3 Å². The average molecular weight is 342 g/mol. The predicted octanol–water partition coefficient (Wildman–Crippen LogP) is 2.24. The Kier molecular flexibility index (Phi) is 4.29. The van der Waals surface area contributed by atoms with E-state index in [1.807, 2.05) is 4.90 Å². The summed E-state index contributed by atoms with van der Waals surface area (Å²) in [6.45, 7) is 5.02. The number of methoxy groups -OCH3 is 1. The number of piperazine rings is 1. The van der Waals surface area contributed by atoms with Crippen molar-refractivity contribution in [3.8, 4) is 0 Å². The molecule has 4 aliphatic rings. The van der Waals surface area contributed by atoms with Crippen LogP contribution in [0.15, 0.2) is 47.7 Å². The molecule has 0 radical (unpaired) electrons. The fourth-order valence-corrected chi connectivity index (χ4v) is 4.10. The summed E-state index contributed by atoms with van der Waals surface area (Å²) in [5, 5.41) is 0. The molecular formula is C20H26N2O3. The molecule has 4 rings (SSSR count). The first-order valence-electron chi connectivity index (χ1n) is 9.05. The van der Waals surface area contributed by atoms with Gasteiger partial charge in [-0.2, -0.15) is 0 Å². The van der Waals surface area contributed by atoms with Gasteiger partial charge in [0.1, 0.15) is 0 Å². The lowest BCUT2D eigenvalue weighted by atomic mass is 9.79. The van der Waals surface area contributed by atoms with E-state index in [0.29, 0.717) is 13.2 Å². The first-order valence-corrected chi connectivity index (χ1v) is 9.05. The van der Waals surface area contributed by atoms with Gasteiger partial charge in [-0.3, -0.25) is 4.79 Å². The second-order valence-corrected chi connectivity index (χ2v) is 7.51. The van der Waals surface area contributed by atoms with Crippen molar-refractivity contribution >= 4 is 5.91 Å². The van der Waals surface area contributed by atoms with Gasteiger partial charge in [0.15, 0.2) is 0 Å². The molecule has 3 atom stereocenters. The highest BCUT2D eigenvalue weighted by Gasteiger charge is 2.47. The van der Waals surface area contributed by atoms with Gasteiger partial charge in [0.2, 0.25) is 6.23 Å². The molecule has 0 bridgehead atoms. The summed E-state index contributed by atoms with van der Waals surface area (Å²) in [7, 11) is 1.72. The molecular weight excluding hydrogens is 316 g/mol. The highest BCUT2D eigenvalue weighted by molar-refractivity contribution is 5.82. The average Bonchev–Trinajstić information content (AvgIpc) is 2.64. The van der Waals surface area contributed by atoms with Crippen LogP contribution in [-0.4, -0.2) is 61.4 Å². The Labute approximate surface area is 149 Å². The van der Waals surface area contributed by atoms with Gasteiger partial charge in [0.05, 0.1) is 12.7 Å². The number of amides is 1. The molecule has 0 aromatic rings. The molecule has 0 saturated carbocycles. The second kappa shape index (κ2) is 6.46. The lowest BCUT2D eigenvalue weighted by molar-refractivity contribution is -0.179. The molecule has 2 aliphatic heterocycles. The van der Waals surface area contributed by atoms with E-state index in [1.54, 1.807) is 7.11 Å². The van der Waals surface area contributed by atoms with Gasteiger partial charge in [-0.1, -0.05) is 37.3 Å². The molecule has 0 aromatic carbocycles. The monoisotopic (exact) mass is 342 g/mol. The highest BCUT2D eigenvalue weighted by atomic mass is 16.5. The summed E-state index contributed by atoms with van der Waals surface area (Å²) < 4.78 is 11.4. The minimum Gasteiger partial charge on any atom is -0.377 e. The van der Waals surface area contributed by atoms with Gasteiger partial charge in [0.25, 0.3) is 5.91 Å². The highest BCUT2D eigenvalue weighted by Crippen LogP contribution is 2.42. The Bertz CT molecular complexity index is 678. The number of ether oxygens (including phenoxy) is 2. The minimum atomic E-state index is -0.473. The lowest BCUT2D eigenvalue weighted by Gasteiger charge is -2.52. The van der Waals surface area contributed by atoms with Crippen LogP contribution < -0.4 is 0 Å². The van der Waals surface area contributed by atoms with Gasteiger partial charge in [0, 0.05) is 37.9 Å². The van der Waals surface area contributed by atoms with Gasteiger partial charge in [-0.15, -0.1) is 0 Å². The number of hydrogen-bond donors (Lipinski definition) is 0. The standard InChI is InChI=1S/C20H26N2O3/c1-20-10-4-3-5-17(20)22-12-11-21(18(23)19(22)25-14-20)13-15-6-8-16(24-2)9-7-15/h3-8,16,19H,9-14H2,1-2H3. The summed E-state index contributed by atoms with van der Waals surface area (Å²) in [5.41, 5.74) is 2.42. The summed E-state index contributed by atoms with van der Waals surface area (Å²) in [6, 6.07) is 0. The summed E-state index contributed by atoms with van der Waals surface area (Å²) in [5.74, 6) is 0.0759. The van der Waals surface area contributed by atoms with Crippen molar-refractivity contribution in [2.45, 2.75) is 32.1 Å². The summed E-state index contributed by atoms with van der Waals surface area (Å²) >= 11 is 0. The summed E-state index contributed by atoms with van der Waals surface area (Å²) in [6.07, 6.45) is 14.3. The van der Waals surface area contributed by atoms with Crippen molar-refractivity contribution < 1.29 is 14.3 Å². The zero-order valence-electron chi connectivity index (χ0n) is 15.0. The first kappa shape index (κ1) is 16.6. The molecule has 25 heavy (non-hydrogen) atoms. The van der Waals surface area contributed by atoms with Gasteiger partial charge in [-0.25, -0.2) is 0 Å². The molecule has 5 nitrogen and oxygen atoms in total. The largest absolute Gasteiger partial charge is 0.377 e. The Hall–Kier alpha value is -1.85. The van der Waals surface area contributed by atoms with E-state index in [4.69, 9.17) is 9.47 Å². The van der Waals surface area contributed by atoms with E-state index in [0.717, 1.165) is 25.9 Å². The Morgan fingerprint density at radius 2 is 2.28 bits per heavy atom. The van der Waals surface area contributed by atoms with E-state index < -0.39 is 6.23 Å². The van der Waals surface area contributed by atoms with E-state index in [2.05, 4.69) is 48.3 Å². The maximum atomic E-state index is 13.0. The van der Waals surface area contributed by atoms with Crippen molar-refractivity contribution in [1.82, 2.24) is 9.80 Å². The lowest BCUT2D eigenvalue weighted by Crippen LogP contribution is -2.62. The fraction of sp³-hybridized carbons (Fsp3) is 0.550. The van der Waals surface area contributed by atoms with E-state index in [1.165, 1.54) is 11.3 Å². The third-order valence-corrected chi connectivity index (χ3v) is 5.68. The SMILES string of the molecule is COC1C=CC(CN2CCN3C4=CC=CCC4(C)COC3C2=O)=CC1. The van der Waals surface area contributed by atoms with E-state index >= 15 is 0 Å². The molecule has 0 N–H and O–H groups in total. The number of carbonyl (C=O) groups is 1. The minimum absolute atomic E-state index is 0.00248. The topological polar surface area (TPSA) is 42.0 Å². The zero-order chi connectivity index (χ0) is 17.4. The molecule has 1 amide bonds. The molecule has 5 heteroatoms. The maximum absolute atomic E-state index is 13.0. The normalized spacial score (nSPS) is 34.4. The van der Waals surface area contributed by atoms with Crippen molar-refractivity contribution in [1.29, 1.82) is 0 Å². The smallest absolute Gasteiger partial charge is 0.273 e. The first-order chi connectivity index (χ1) is 12.1. The third-order valence-electron chi connectivity index (χ3n) is 5.68.